The van der Waals surface area contributed by atoms with E-state index in [9.17, 15) is 4.79 Å². The van der Waals surface area contributed by atoms with Crippen molar-refractivity contribution < 1.29 is 14.0 Å². The lowest BCUT2D eigenvalue weighted by Crippen LogP contribution is -2.52. The van der Waals surface area contributed by atoms with Crippen LogP contribution >= 0.6 is 0 Å². The van der Waals surface area contributed by atoms with Crippen LogP contribution in [0.3, 0.4) is 0 Å². The highest BCUT2D eigenvalue weighted by molar-refractivity contribution is 6.74. The van der Waals surface area contributed by atoms with Crippen LogP contribution in [0.5, 0.6) is 0 Å². The maximum atomic E-state index is 13.0. The molecule has 0 unspecified atom stereocenters. The predicted molar refractivity (Wildman–Crippen MR) is 152 cm³/mol. The lowest BCUT2D eigenvalue weighted by molar-refractivity contribution is -0.153. The van der Waals surface area contributed by atoms with Gasteiger partial charge in [0, 0.05) is 6.10 Å². The molecule has 4 heteroatoms. The van der Waals surface area contributed by atoms with Gasteiger partial charge in [0.25, 0.3) is 0 Å². The van der Waals surface area contributed by atoms with Gasteiger partial charge in [-0.3, -0.25) is 4.79 Å². The first-order chi connectivity index (χ1) is 16.8. The Kier molecular flexibility index (Phi) is 7.84. The minimum atomic E-state index is -1.75. The lowest BCUT2D eigenvalue weighted by atomic mass is 9.47. The summed E-state index contributed by atoms with van der Waals surface area (Å²) in [5, 5.41) is 0.264. The molecule has 204 valence electrons. The second kappa shape index (κ2) is 10.0. The third kappa shape index (κ3) is 4.72. The molecule has 0 N–H and O–H groups in total. The van der Waals surface area contributed by atoms with E-state index < -0.39 is 8.32 Å². The summed E-state index contributed by atoms with van der Waals surface area (Å²) in [5.74, 6) is 2.66. The van der Waals surface area contributed by atoms with Crippen molar-refractivity contribution in [3.05, 3.63) is 24.3 Å². The highest BCUT2D eigenvalue weighted by atomic mass is 28.4. The van der Waals surface area contributed by atoms with Crippen LogP contribution < -0.4 is 0 Å². The van der Waals surface area contributed by atoms with Crippen molar-refractivity contribution in [3.8, 4) is 0 Å². The van der Waals surface area contributed by atoms with Crippen LogP contribution in [0.2, 0.25) is 18.1 Å². The molecule has 3 fully saturated rings. The van der Waals surface area contributed by atoms with Crippen molar-refractivity contribution in [1.29, 1.82) is 0 Å². The third-order valence-electron chi connectivity index (χ3n) is 11.9. The van der Waals surface area contributed by atoms with E-state index in [1.54, 1.807) is 5.57 Å². The molecule has 36 heavy (non-hydrogen) atoms. The molecule has 3 saturated carbocycles. The van der Waals surface area contributed by atoms with Crippen molar-refractivity contribution >= 4 is 14.3 Å². The highest BCUT2D eigenvalue weighted by Crippen LogP contribution is 2.67. The Morgan fingerprint density at radius 3 is 2.53 bits per heavy atom. The van der Waals surface area contributed by atoms with E-state index in [2.05, 4.69) is 60.4 Å². The van der Waals surface area contributed by atoms with Crippen molar-refractivity contribution in [2.45, 2.75) is 124 Å². The summed E-state index contributed by atoms with van der Waals surface area (Å²) in [7, 11) is -1.75. The predicted octanol–water partition coefficient (Wildman–Crippen LogP) is 8.71. The largest absolute Gasteiger partial charge is 0.466 e. The van der Waals surface area contributed by atoms with Crippen LogP contribution in [-0.2, 0) is 14.0 Å². The van der Waals surface area contributed by atoms with E-state index >= 15 is 0 Å². The molecule has 0 aromatic heterocycles. The summed E-state index contributed by atoms with van der Waals surface area (Å²) in [6.07, 6.45) is 15.6. The number of fused-ring (bicyclic) bond motifs is 5. The average Bonchev–Trinajstić information content (AvgIpc) is 3.14. The Balaban J connectivity index is 1.52. The van der Waals surface area contributed by atoms with Gasteiger partial charge in [-0.25, -0.2) is 0 Å². The van der Waals surface area contributed by atoms with E-state index in [4.69, 9.17) is 9.16 Å². The number of hydrogen-bond acceptors (Lipinski definition) is 3. The van der Waals surface area contributed by atoms with Gasteiger partial charge in [0.1, 0.15) is 0 Å². The molecule has 4 aliphatic rings. The smallest absolute Gasteiger partial charge is 0.309 e. The van der Waals surface area contributed by atoms with Crippen LogP contribution in [0.4, 0.5) is 0 Å². The molecular weight excluding hydrogens is 460 g/mol. The summed E-state index contributed by atoms with van der Waals surface area (Å²) >= 11 is 0. The summed E-state index contributed by atoms with van der Waals surface area (Å²) < 4.78 is 12.5. The van der Waals surface area contributed by atoms with E-state index in [0.717, 1.165) is 37.0 Å². The maximum Gasteiger partial charge on any atom is 0.309 e. The molecule has 4 aliphatic carbocycles. The molecule has 3 nitrogen and oxygen atoms in total. The standard InChI is InChI=1S/C32H54O3Si/c1-10-12-25(29(33)34-11-2)27-16-15-26-24-14-13-22-21-23(35-36(8,9)30(3,4)5)17-19-31(22,6)28(24)18-20-32(26,27)7/h10,13,23-28H,1,11-12,14-21H2,2-9H3/t23-,24-,25+,26-,27+,28-,31-,32-/m0/s1. The number of allylic oxidation sites excluding steroid dienone is 2. The molecule has 0 aliphatic heterocycles. The molecule has 0 saturated heterocycles. The Morgan fingerprint density at radius 2 is 1.89 bits per heavy atom. The van der Waals surface area contributed by atoms with Gasteiger partial charge in [-0.2, -0.15) is 0 Å². The Labute approximate surface area is 223 Å². The molecule has 0 heterocycles. The summed E-state index contributed by atoms with van der Waals surface area (Å²) in [6.45, 7) is 23.3. The fourth-order valence-corrected chi connectivity index (χ4v) is 10.3. The van der Waals surface area contributed by atoms with E-state index in [1.807, 2.05) is 13.0 Å². The third-order valence-corrected chi connectivity index (χ3v) is 16.4. The molecule has 0 bridgehead atoms. The van der Waals surface area contributed by atoms with Crippen LogP contribution in [0.15, 0.2) is 24.3 Å². The maximum absolute atomic E-state index is 13.0. The zero-order valence-electron chi connectivity index (χ0n) is 24.6. The van der Waals surface area contributed by atoms with Gasteiger partial charge >= 0.3 is 5.97 Å². The minimum absolute atomic E-state index is 0.00393. The van der Waals surface area contributed by atoms with Gasteiger partial charge < -0.3 is 9.16 Å². The van der Waals surface area contributed by atoms with E-state index in [-0.39, 0.29) is 22.3 Å². The van der Waals surface area contributed by atoms with E-state index in [1.165, 1.54) is 38.5 Å². The van der Waals surface area contributed by atoms with Gasteiger partial charge in [-0.15, -0.1) is 6.58 Å². The normalized spacial score (nSPS) is 39.3. The van der Waals surface area contributed by atoms with Gasteiger partial charge in [0.15, 0.2) is 8.32 Å². The first-order valence-corrected chi connectivity index (χ1v) is 17.8. The molecule has 0 amide bonds. The fraction of sp³-hybridized carbons (Fsp3) is 0.844. The van der Waals surface area contributed by atoms with Crippen molar-refractivity contribution in [2.24, 2.45) is 40.4 Å². The van der Waals surface area contributed by atoms with Crippen molar-refractivity contribution in [2.75, 3.05) is 6.61 Å². The average molecular weight is 515 g/mol. The second-order valence-electron chi connectivity index (χ2n) is 14.6. The van der Waals surface area contributed by atoms with Gasteiger partial charge in [-0.1, -0.05) is 52.3 Å². The summed E-state index contributed by atoms with van der Waals surface area (Å²) in [5.41, 5.74) is 2.27. The summed E-state index contributed by atoms with van der Waals surface area (Å²) in [6, 6.07) is 0. The lowest BCUT2D eigenvalue weighted by Gasteiger charge is -2.59. The van der Waals surface area contributed by atoms with Crippen LogP contribution in [0.25, 0.3) is 0 Å². The van der Waals surface area contributed by atoms with Crippen LogP contribution in [0.1, 0.15) is 99.3 Å². The number of carbonyl (C=O) groups is 1. The molecular formula is C32H54O3Si. The quantitative estimate of drug-likeness (QED) is 0.194. The zero-order chi connectivity index (χ0) is 26.5. The Hall–Kier alpha value is -0.873. The number of esters is 1. The SMILES string of the molecule is C=CC[C@@H](C(=O)OCC)[C@H]1CC[C@H]2[C@@H]3CC=C4C[C@@H](O[Si](C)(C)C(C)(C)C)CC[C@]4(C)[C@H]3CC[C@]12C. The Bertz CT molecular complexity index is 869. The Morgan fingerprint density at radius 1 is 1.17 bits per heavy atom. The molecule has 0 aromatic carbocycles. The van der Waals surface area contributed by atoms with Crippen LogP contribution in [0, 0.1) is 40.4 Å². The van der Waals surface area contributed by atoms with Gasteiger partial charge in [0.05, 0.1) is 12.5 Å². The first-order valence-electron chi connectivity index (χ1n) is 14.9. The zero-order valence-corrected chi connectivity index (χ0v) is 25.6. The van der Waals surface area contributed by atoms with Crippen molar-refractivity contribution in [3.63, 3.8) is 0 Å². The van der Waals surface area contributed by atoms with E-state index in [0.29, 0.717) is 24.0 Å². The fourth-order valence-electron chi connectivity index (χ4n) is 8.88. The molecule has 8 atom stereocenters. The molecule has 0 spiro atoms. The number of carbonyl (C=O) groups excluding carboxylic acids is 1. The first kappa shape index (κ1) is 28.1. The van der Waals surface area contributed by atoms with Crippen LogP contribution in [-0.4, -0.2) is 27.0 Å². The number of hydrogen-bond donors (Lipinski definition) is 0. The highest BCUT2D eigenvalue weighted by Gasteiger charge is 2.60. The van der Waals surface area contributed by atoms with Crippen molar-refractivity contribution in [1.82, 2.24) is 0 Å². The topological polar surface area (TPSA) is 35.5 Å². The molecule has 4 rings (SSSR count). The molecule has 0 aromatic rings. The monoisotopic (exact) mass is 514 g/mol. The number of ether oxygens (including phenoxy) is 1. The van der Waals surface area contributed by atoms with Gasteiger partial charge in [-0.05, 0) is 117 Å². The summed E-state index contributed by atoms with van der Waals surface area (Å²) in [4.78, 5) is 13.0. The minimum Gasteiger partial charge on any atom is -0.466 e. The second-order valence-corrected chi connectivity index (χ2v) is 19.4. The number of rotatable bonds is 7. The van der Waals surface area contributed by atoms with Gasteiger partial charge in [0.2, 0.25) is 0 Å². The molecule has 0 radical (unpaired) electrons.